The van der Waals surface area contributed by atoms with Crippen LogP contribution in [0.5, 0.6) is 0 Å². The second-order valence-electron chi connectivity index (χ2n) is 5.50. The predicted octanol–water partition coefficient (Wildman–Crippen LogP) is 1.87. The largest absolute Gasteiger partial charge is 0.456 e. The standard InChI is InChI=1S/C14H20N2O3/c1-14(2,3)19-13(17)11-4-5-15-12(10-11)16-6-8-18-9-7-16/h4-5,10H,6-9H2,1-3H3. The van der Waals surface area contributed by atoms with Crippen molar-refractivity contribution in [2.75, 3.05) is 31.2 Å². The van der Waals surface area contributed by atoms with Gasteiger partial charge in [-0.1, -0.05) is 0 Å². The van der Waals surface area contributed by atoms with Crippen LogP contribution < -0.4 is 4.90 Å². The Morgan fingerprint density at radius 1 is 1.37 bits per heavy atom. The maximum Gasteiger partial charge on any atom is 0.338 e. The smallest absolute Gasteiger partial charge is 0.338 e. The normalized spacial score (nSPS) is 16.3. The van der Waals surface area contributed by atoms with E-state index in [-0.39, 0.29) is 5.97 Å². The van der Waals surface area contributed by atoms with E-state index in [1.165, 1.54) is 0 Å². The Balaban J connectivity index is 2.12. The van der Waals surface area contributed by atoms with E-state index in [1.807, 2.05) is 20.8 Å². The van der Waals surface area contributed by atoms with Crippen LogP contribution >= 0.6 is 0 Å². The monoisotopic (exact) mass is 264 g/mol. The Morgan fingerprint density at radius 2 is 2.05 bits per heavy atom. The lowest BCUT2D eigenvalue weighted by atomic mass is 10.2. The van der Waals surface area contributed by atoms with Crippen molar-refractivity contribution in [2.24, 2.45) is 0 Å². The summed E-state index contributed by atoms with van der Waals surface area (Å²) < 4.78 is 10.7. The number of esters is 1. The summed E-state index contributed by atoms with van der Waals surface area (Å²) >= 11 is 0. The molecule has 1 aromatic heterocycles. The van der Waals surface area contributed by atoms with Gasteiger partial charge >= 0.3 is 5.97 Å². The van der Waals surface area contributed by atoms with Gasteiger partial charge in [0.1, 0.15) is 11.4 Å². The topological polar surface area (TPSA) is 51.7 Å². The number of carbonyl (C=O) groups excluding carboxylic acids is 1. The van der Waals surface area contributed by atoms with Gasteiger partial charge in [-0.15, -0.1) is 0 Å². The molecule has 0 aliphatic carbocycles. The van der Waals surface area contributed by atoms with E-state index in [4.69, 9.17) is 9.47 Å². The average molecular weight is 264 g/mol. The Hall–Kier alpha value is -1.62. The quantitative estimate of drug-likeness (QED) is 0.763. The van der Waals surface area contributed by atoms with Crippen molar-refractivity contribution in [3.05, 3.63) is 23.9 Å². The second-order valence-corrected chi connectivity index (χ2v) is 5.50. The van der Waals surface area contributed by atoms with Gasteiger partial charge in [0.25, 0.3) is 0 Å². The second kappa shape index (κ2) is 5.57. The maximum atomic E-state index is 12.0. The van der Waals surface area contributed by atoms with Crippen LogP contribution in [0.1, 0.15) is 31.1 Å². The molecule has 0 N–H and O–H groups in total. The lowest BCUT2D eigenvalue weighted by molar-refractivity contribution is 0.00694. The third-order valence-corrected chi connectivity index (χ3v) is 2.72. The third kappa shape index (κ3) is 3.92. The summed E-state index contributed by atoms with van der Waals surface area (Å²) in [6.45, 7) is 8.55. The van der Waals surface area contributed by atoms with Gasteiger partial charge in [-0.2, -0.15) is 0 Å². The van der Waals surface area contributed by atoms with Gasteiger partial charge in [-0.25, -0.2) is 9.78 Å². The molecule has 2 heterocycles. The van der Waals surface area contributed by atoms with Gasteiger partial charge in [0.2, 0.25) is 0 Å². The van der Waals surface area contributed by atoms with Crippen LogP contribution in [-0.2, 0) is 9.47 Å². The van der Waals surface area contributed by atoms with Gasteiger partial charge < -0.3 is 14.4 Å². The first-order valence-corrected chi connectivity index (χ1v) is 6.48. The molecule has 0 bridgehead atoms. The molecule has 0 aromatic carbocycles. The number of hydrogen-bond donors (Lipinski definition) is 0. The minimum Gasteiger partial charge on any atom is -0.456 e. The van der Waals surface area contributed by atoms with Gasteiger partial charge in [-0.3, -0.25) is 0 Å². The zero-order valence-electron chi connectivity index (χ0n) is 11.7. The summed E-state index contributed by atoms with van der Waals surface area (Å²) in [7, 11) is 0. The number of morpholine rings is 1. The number of pyridine rings is 1. The van der Waals surface area contributed by atoms with Crippen molar-refractivity contribution in [3.63, 3.8) is 0 Å². The summed E-state index contributed by atoms with van der Waals surface area (Å²) in [5, 5.41) is 0. The fraction of sp³-hybridized carbons (Fsp3) is 0.571. The zero-order valence-corrected chi connectivity index (χ0v) is 11.7. The predicted molar refractivity (Wildman–Crippen MR) is 72.4 cm³/mol. The van der Waals surface area contributed by atoms with Gasteiger partial charge in [0, 0.05) is 19.3 Å². The SMILES string of the molecule is CC(C)(C)OC(=O)c1ccnc(N2CCOCC2)c1. The summed E-state index contributed by atoms with van der Waals surface area (Å²) in [4.78, 5) is 18.4. The summed E-state index contributed by atoms with van der Waals surface area (Å²) in [5.74, 6) is 0.482. The van der Waals surface area contributed by atoms with Gasteiger partial charge in [-0.05, 0) is 32.9 Å². The molecule has 5 nitrogen and oxygen atoms in total. The van der Waals surface area contributed by atoms with Crippen LogP contribution in [0.25, 0.3) is 0 Å². The van der Waals surface area contributed by atoms with Crippen LogP contribution in [0.3, 0.4) is 0 Å². The highest BCUT2D eigenvalue weighted by Gasteiger charge is 2.19. The first kappa shape index (κ1) is 13.8. The van der Waals surface area contributed by atoms with E-state index in [0.29, 0.717) is 18.8 Å². The maximum absolute atomic E-state index is 12.0. The third-order valence-electron chi connectivity index (χ3n) is 2.72. The van der Waals surface area contributed by atoms with Crippen LogP contribution in [0.4, 0.5) is 5.82 Å². The van der Waals surface area contributed by atoms with Crippen molar-refractivity contribution in [3.8, 4) is 0 Å². The minimum absolute atomic E-state index is 0.315. The number of hydrogen-bond acceptors (Lipinski definition) is 5. The molecule has 0 amide bonds. The van der Waals surface area contributed by atoms with Crippen molar-refractivity contribution < 1.29 is 14.3 Å². The highest BCUT2D eigenvalue weighted by molar-refractivity contribution is 5.90. The Labute approximate surface area is 113 Å². The molecular formula is C14H20N2O3. The number of ether oxygens (including phenoxy) is 2. The number of anilines is 1. The molecule has 1 aliphatic heterocycles. The molecule has 19 heavy (non-hydrogen) atoms. The van der Waals surface area contributed by atoms with Gasteiger partial charge in [0.05, 0.1) is 18.8 Å². The van der Waals surface area contributed by atoms with Crippen LogP contribution in [-0.4, -0.2) is 42.9 Å². The van der Waals surface area contributed by atoms with E-state index in [2.05, 4.69) is 9.88 Å². The molecule has 1 aromatic rings. The van der Waals surface area contributed by atoms with E-state index in [1.54, 1.807) is 18.3 Å². The van der Waals surface area contributed by atoms with E-state index in [0.717, 1.165) is 18.9 Å². The first-order chi connectivity index (χ1) is 8.96. The Bertz CT molecular complexity index is 448. The molecule has 1 saturated heterocycles. The zero-order chi connectivity index (χ0) is 13.9. The molecular weight excluding hydrogens is 244 g/mol. The fourth-order valence-corrected chi connectivity index (χ4v) is 1.85. The molecule has 0 spiro atoms. The molecule has 104 valence electrons. The Kier molecular flexibility index (Phi) is 4.04. The highest BCUT2D eigenvalue weighted by atomic mass is 16.6. The van der Waals surface area contributed by atoms with Crippen molar-refractivity contribution in [2.45, 2.75) is 26.4 Å². The molecule has 0 atom stereocenters. The summed E-state index contributed by atoms with van der Waals surface area (Å²) in [6.07, 6.45) is 1.64. The molecule has 0 radical (unpaired) electrons. The molecule has 1 aliphatic rings. The van der Waals surface area contributed by atoms with Crippen molar-refractivity contribution in [1.29, 1.82) is 0 Å². The number of carbonyl (C=O) groups is 1. The molecule has 5 heteroatoms. The van der Waals surface area contributed by atoms with Crippen LogP contribution in [0.15, 0.2) is 18.3 Å². The summed E-state index contributed by atoms with van der Waals surface area (Å²) in [5.41, 5.74) is 0.0471. The minimum atomic E-state index is -0.487. The number of rotatable bonds is 2. The lowest BCUT2D eigenvalue weighted by Gasteiger charge is -2.28. The van der Waals surface area contributed by atoms with Crippen molar-refractivity contribution >= 4 is 11.8 Å². The Morgan fingerprint density at radius 3 is 2.68 bits per heavy atom. The fourth-order valence-electron chi connectivity index (χ4n) is 1.85. The van der Waals surface area contributed by atoms with E-state index in [9.17, 15) is 4.79 Å². The van der Waals surface area contributed by atoms with Gasteiger partial charge in [0.15, 0.2) is 0 Å². The van der Waals surface area contributed by atoms with Crippen LogP contribution in [0.2, 0.25) is 0 Å². The molecule has 0 saturated carbocycles. The highest BCUT2D eigenvalue weighted by Crippen LogP contribution is 2.17. The average Bonchev–Trinajstić information content (AvgIpc) is 2.38. The molecule has 2 rings (SSSR count). The molecule has 0 unspecified atom stereocenters. The number of aromatic nitrogens is 1. The first-order valence-electron chi connectivity index (χ1n) is 6.48. The lowest BCUT2D eigenvalue weighted by Crippen LogP contribution is -2.36. The van der Waals surface area contributed by atoms with Crippen molar-refractivity contribution in [1.82, 2.24) is 4.98 Å². The molecule has 1 fully saturated rings. The van der Waals surface area contributed by atoms with Crippen LogP contribution in [0, 0.1) is 0 Å². The number of nitrogens with zero attached hydrogens (tertiary/aromatic N) is 2. The van der Waals surface area contributed by atoms with E-state index >= 15 is 0 Å². The summed E-state index contributed by atoms with van der Waals surface area (Å²) in [6, 6.07) is 3.46. The van der Waals surface area contributed by atoms with E-state index < -0.39 is 5.60 Å².